The van der Waals surface area contributed by atoms with Crippen LogP contribution in [0.15, 0.2) is 0 Å². The molecule has 0 spiro atoms. The van der Waals surface area contributed by atoms with Gasteiger partial charge in [0.05, 0.1) is 11.0 Å². The smallest absolute Gasteiger partial charge is 0.155 e. The third kappa shape index (κ3) is 1.80. The fraction of sp³-hybridized carbons (Fsp3) is 1.00. The Morgan fingerprint density at radius 1 is 1.42 bits per heavy atom. The second kappa shape index (κ2) is 3.34. The molecule has 0 aromatic carbocycles. The van der Waals surface area contributed by atoms with E-state index in [1.165, 1.54) is 0 Å². The molecule has 1 aliphatic heterocycles. The van der Waals surface area contributed by atoms with Gasteiger partial charge >= 0.3 is 0 Å². The van der Waals surface area contributed by atoms with E-state index in [2.05, 4.69) is 5.32 Å². The van der Waals surface area contributed by atoms with Gasteiger partial charge in [0, 0.05) is 12.1 Å². The van der Waals surface area contributed by atoms with Crippen molar-refractivity contribution in [2.45, 2.75) is 44.5 Å². The zero-order chi connectivity index (χ0) is 9.35. The molecule has 1 rings (SSSR count). The number of nitrogens with one attached hydrogen (secondary N) is 1. The average Bonchev–Trinajstić information content (AvgIpc) is 1.99. The molecule has 1 aliphatic rings. The minimum atomic E-state index is -2.83. The van der Waals surface area contributed by atoms with Crippen LogP contribution in [0.5, 0.6) is 0 Å². The first-order valence-electron chi connectivity index (χ1n) is 4.45. The number of sulfone groups is 1. The maximum absolute atomic E-state index is 11.5. The van der Waals surface area contributed by atoms with Gasteiger partial charge in [0.1, 0.15) is 0 Å². The van der Waals surface area contributed by atoms with Crippen LogP contribution >= 0.6 is 0 Å². The number of hydrogen-bond acceptors (Lipinski definition) is 3. The summed E-state index contributed by atoms with van der Waals surface area (Å²) in [6, 6.07) is 0.245. The Labute approximate surface area is 74.5 Å². The molecule has 12 heavy (non-hydrogen) atoms. The van der Waals surface area contributed by atoms with Crippen LogP contribution in [0.4, 0.5) is 0 Å². The number of hydrogen-bond donors (Lipinski definition) is 1. The minimum Gasteiger partial charge on any atom is -0.309 e. The van der Waals surface area contributed by atoms with Crippen LogP contribution in [0.3, 0.4) is 0 Å². The van der Waals surface area contributed by atoms with E-state index in [0.717, 1.165) is 6.42 Å². The van der Waals surface area contributed by atoms with E-state index >= 15 is 0 Å². The summed E-state index contributed by atoms with van der Waals surface area (Å²) < 4.78 is 23.0. The van der Waals surface area contributed by atoms with Gasteiger partial charge in [-0.25, -0.2) is 8.42 Å². The van der Waals surface area contributed by atoms with Crippen LogP contribution < -0.4 is 5.32 Å². The topological polar surface area (TPSA) is 46.2 Å². The Bertz CT molecular complexity index is 248. The summed E-state index contributed by atoms with van der Waals surface area (Å²) in [4.78, 5) is 0. The summed E-state index contributed by atoms with van der Waals surface area (Å²) in [6.07, 6.45) is 0.885. The highest BCUT2D eigenvalue weighted by Crippen LogP contribution is 2.16. The molecule has 0 aromatic heterocycles. The molecule has 3 unspecified atom stereocenters. The van der Waals surface area contributed by atoms with Gasteiger partial charge in [0.2, 0.25) is 0 Å². The van der Waals surface area contributed by atoms with Gasteiger partial charge in [0.25, 0.3) is 0 Å². The Morgan fingerprint density at radius 2 is 2.00 bits per heavy atom. The van der Waals surface area contributed by atoms with Crippen LogP contribution in [0.25, 0.3) is 0 Å². The van der Waals surface area contributed by atoms with Crippen molar-refractivity contribution in [3.05, 3.63) is 0 Å². The summed E-state index contributed by atoms with van der Waals surface area (Å²) in [6.45, 7) is 5.72. The SMILES string of the molecule is CCC1CS(=O)(=O)C(C)C(C)N1. The van der Waals surface area contributed by atoms with Crippen molar-refractivity contribution in [3.63, 3.8) is 0 Å². The van der Waals surface area contributed by atoms with Gasteiger partial charge in [-0.3, -0.25) is 0 Å². The fourth-order valence-electron chi connectivity index (χ4n) is 1.53. The second-order valence-electron chi connectivity index (χ2n) is 3.60. The third-order valence-corrected chi connectivity index (χ3v) is 5.10. The van der Waals surface area contributed by atoms with Gasteiger partial charge < -0.3 is 5.32 Å². The van der Waals surface area contributed by atoms with Gasteiger partial charge in [0.15, 0.2) is 9.84 Å². The average molecular weight is 191 g/mol. The molecule has 0 saturated carbocycles. The highest BCUT2D eigenvalue weighted by atomic mass is 32.2. The summed E-state index contributed by atoms with van der Waals surface area (Å²) in [7, 11) is -2.83. The molecule has 1 heterocycles. The fourth-order valence-corrected chi connectivity index (χ4v) is 3.43. The quantitative estimate of drug-likeness (QED) is 0.659. The molecule has 1 fully saturated rings. The van der Waals surface area contributed by atoms with Crippen molar-refractivity contribution >= 4 is 9.84 Å². The number of rotatable bonds is 1. The largest absolute Gasteiger partial charge is 0.309 e. The molecule has 1 N–H and O–H groups in total. The zero-order valence-electron chi connectivity index (χ0n) is 7.87. The summed E-state index contributed by atoms with van der Waals surface area (Å²) in [5.41, 5.74) is 0. The lowest BCUT2D eigenvalue weighted by Gasteiger charge is -2.32. The molecular formula is C8H17NO2S. The molecule has 0 aliphatic carbocycles. The van der Waals surface area contributed by atoms with Crippen molar-refractivity contribution in [2.24, 2.45) is 0 Å². The lowest BCUT2D eigenvalue weighted by atomic mass is 10.2. The highest BCUT2D eigenvalue weighted by molar-refractivity contribution is 7.92. The van der Waals surface area contributed by atoms with Crippen LogP contribution in [-0.4, -0.2) is 31.5 Å². The minimum absolute atomic E-state index is 0.0914. The molecule has 3 atom stereocenters. The molecule has 1 saturated heterocycles. The zero-order valence-corrected chi connectivity index (χ0v) is 8.69. The second-order valence-corrected chi connectivity index (χ2v) is 6.00. The lowest BCUT2D eigenvalue weighted by molar-refractivity contribution is 0.415. The first-order chi connectivity index (χ1) is 5.47. The van der Waals surface area contributed by atoms with Crippen LogP contribution in [-0.2, 0) is 9.84 Å². The maximum atomic E-state index is 11.5. The summed E-state index contributed by atoms with van der Waals surface area (Å²) in [5, 5.41) is 3.06. The third-order valence-electron chi connectivity index (χ3n) is 2.70. The Kier molecular flexibility index (Phi) is 2.78. The van der Waals surface area contributed by atoms with Crippen LogP contribution in [0.1, 0.15) is 27.2 Å². The molecule has 72 valence electrons. The molecule has 0 aromatic rings. The van der Waals surface area contributed by atoms with E-state index in [0.29, 0.717) is 5.75 Å². The van der Waals surface area contributed by atoms with E-state index in [1.807, 2.05) is 13.8 Å². The normalized spacial score (nSPS) is 41.1. The van der Waals surface area contributed by atoms with E-state index in [4.69, 9.17) is 0 Å². The summed E-state index contributed by atoms with van der Waals surface area (Å²) >= 11 is 0. The van der Waals surface area contributed by atoms with E-state index in [-0.39, 0.29) is 17.3 Å². The highest BCUT2D eigenvalue weighted by Gasteiger charge is 2.34. The lowest BCUT2D eigenvalue weighted by Crippen LogP contribution is -2.54. The first kappa shape index (κ1) is 9.99. The summed E-state index contributed by atoms with van der Waals surface area (Å²) in [5.74, 6) is 0.301. The predicted molar refractivity (Wildman–Crippen MR) is 49.9 cm³/mol. The van der Waals surface area contributed by atoms with Gasteiger partial charge in [-0.15, -0.1) is 0 Å². The van der Waals surface area contributed by atoms with Crippen molar-refractivity contribution in [3.8, 4) is 0 Å². The molecule has 3 nitrogen and oxygen atoms in total. The first-order valence-corrected chi connectivity index (χ1v) is 6.16. The van der Waals surface area contributed by atoms with E-state index in [1.54, 1.807) is 6.92 Å². The molecule has 0 amide bonds. The maximum Gasteiger partial charge on any atom is 0.155 e. The van der Waals surface area contributed by atoms with Gasteiger partial charge in [-0.1, -0.05) is 6.92 Å². The Balaban J connectivity index is 2.80. The Hall–Kier alpha value is -0.0900. The molecular weight excluding hydrogens is 174 g/mol. The van der Waals surface area contributed by atoms with Gasteiger partial charge in [-0.2, -0.15) is 0 Å². The molecule has 0 bridgehead atoms. The molecule has 0 radical (unpaired) electrons. The van der Waals surface area contributed by atoms with Crippen LogP contribution in [0, 0.1) is 0 Å². The Morgan fingerprint density at radius 3 is 2.42 bits per heavy atom. The van der Waals surface area contributed by atoms with Crippen molar-refractivity contribution < 1.29 is 8.42 Å². The monoisotopic (exact) mass is 191 g/mol. The van der Waals surface area contributed by atoms with Crippen molar-refractivity contribution in [1.82, 2.24) is 5.32 Å². The van der Waals surface area contributed by atoms with Gasteiger partial charge in [-0.05, 0) is 20.3 Å². The van der Waals surface area contributed by atoms with Crippen molar-refractivity contribution in [2.75, 3.05) is 5.75 Å². The molecule has 4 heteroatoms. The van der Waals surface area contributed by atoms with Crippen molar-refractivity contribution in [1.29, 1.82) is 0 Å². The van der Waals surface area contributed by atoms with E-state index < -0.39 is 9.84 Å². The predicted octanol–water partition coefficient (Wildman–Crippen LogP) is 0.560. The standard InChI is InChI=1S/C8H17NO2S/c1-4-8-5-12(10,11)7(3)6(2)9-8/h6-9H,4-5H2,1-3H3. The van der Waals surface area contributed by atoms with E-state index in [9.17, 15) is 8.42 Å². The van der Waals surface area contributed by atoms with Crippen LogP contribution in [0.2, 0.25) is 0 Å².